The van der Waals surface area contributed by atoms with Crippen LogP contribution in [0, 0.1) is 0 Å². The summed E-state index contributed by atoms with van der Waals surface area (Å²) in [4.78, 5) is 24.8. The van der Waals surface area contributed by atoms with Crippen molar-refractivity contribution < 1.29 is 33.3 Å². The smallest absolute Gasteiger partial charge is 0.244 e. The maximum Gasteiger partial charge on any atom is 0.244 e. The molecule has 4 heterocycles. The van der Waals surface area contributed by atoms with Gasteiger partial charge in [0, 0.05) is 0 Å². The van der Waals surface area contributed by atoms with Crippen molar-refractivity contribution in [2.45, 2.75) is 88.8 Å². The summed E-state index contributed by atoms with van der Waals surface area (Å²) in [5.74, 6) is -2.20. The lowest BCUT2D eigenvalue weighted by molar-refractivity contribution is -0.233. The van der Waals surface area contributed by atoms with Crippen LogP contribution < -0.4 is 10.6 Å². The molecule has 4 saturated heterocycles. The molecule has 146 valence electrons. The van der Waals surface area contributed by atoms with E-state index in [0.29, 0.717) is 6.61 Å². The average molecular weight is 370 g/mol. The van der Waals surface area contributed by atoms with Crippen LogP contribution in [0.4, 0.5) is 0 Å². The molecule has 9 nitrogen and oxygen atoms in total. The van der Waals surface area contributed by atoms with Gasteiger partial charge in [-0.2, -0.15) is 0 Å². The van der Waals surface area contributed by atoms with Crippen LogP contribution in [0.3, 0.4) is 0 Å². The molecule has 0 aromatic heterocycles. The predicted molar refractivity (Wildman–Crippen MR) is 86.7 cm³/mol. The van der Waals surface area contributed by atoms with Gasteiger partial charge in [0.1, 0.15) is 30.5 Å². The Morgan fingerprint density at radius 2 is 1.69 bits per heavy atom. The van der Waals surface area contributed by atoms with E-state index in [1.807, 2.05) is 13.8 Å². The number of carbonyl (C=O) groups is 2. The van der Waals surface area contributed by atoms with Crippen LogP contribution in [-0.2, 0) is 33.3 Å². The van der Waals surface area contributed by atoms with Crippen molar-refractivity contribution in [3.8, 4) is 0 Å². The number of ether oxygens (including phenoxy) is 5. The van der Waals surface area contributed by atoms with Gasteiger partial charge in [0.15, 0.2) is 17.3 Å². The first kappa shape index (κ1) is 18.1. The minimum atomic E-state index is -1.30. The van der Waals surface area contributed by atoms with Crippen LogP contribution in [0.15, 0.2) is 0 Å². The minimum absolute atomic E-state index is 0.0584. The fourth-order valence-electron chi connectivity index (χ4n) is 4.13. The molecule has 4 fully saturated rings. The molecular formula is C17H26N2O7. The molecule has 2 N–H and O–H groups in total. The first-order valence-corrected chi connectivity index (χ1v) is 8.97. The van der Waals surface area contributed by atoms with E-state index in [9.17, 15) is 9.59 Å². The third-order valence-electron chi connectivity index (χ3n) is 5.18. The van der Waals surface area contributed by atoms with Gasteiger partial charge in [0.05, 0.1) is 13.0 Å². The van der Waals surface area contributed by atoms with E-state index in [2.05, 4.69) is 10.6 Å². The average Bonchev–Trinajstić information content (AvgIpc) is 3.07. The molecule has 0 bridgehead atoms. The second kappa shape index (κ2) is 5.62. The molecule has 0 radical (unpaired) electrons. The highest BCUT2D eigenvalue weighted by Crippen LogP contribution is 2.47. The molecule has 4 rings (SSSR count). The summed E-state index contributed by atoms with van der Waals surface area (Å²) >= 11 is 0. The van der Waals surface area contributed by atoms with Crippen LogP contribution in [0.5, 0.6) is 0 Å². The first-order chi connectivity index (χ1) is 12.0. The summed E-state index contributed by atoms with van der Waals surface area (Å²) < 4.78 is 30.0. The lowest BCUT2D eigenvalue weighted by Crippen LogP contribution is -2.58. The van der Waals surface area contributed by atoms with E-state index in [1.165, 1.54) is 0 Å². The molecule has 2 amide bonds. The zero-order valence-corrected chi connectivity index (χ0v) is 15.7. The standard InChI is InChI=1S/C17H26N2O7/c1-8-14(21)19-17(6-10(20)18-8)13-12(24-16(4,5)26-13)11(25-17)9-7-22-15(2,3)23-9/h8-9,11-13H,6-7H2,1-5H3,(H,18,20)(H,19,21)/t8-,9+,11-,12+,13+,17+/m0/s1. The predicted octanol–water partition coefficient (Wildman–Crippen LogP) is -0.222. The molecule has 6 atom stereocenters. The minimum Gasteiger partial charge on any atom is -0.348 e. The fraction of sp³-hybridized carbons (Fsp3) is 0.882. The summed E-state index contributed by atoms with van der Waals surface area (Å²) in [6, 6.07) is -0.650. The number of hydrogen-bond donors (Lipinski definition) is 2. The van der Waals surface area contributed by atoms with Gasteiger partial charge in [-0.25, -0.2) is 0 Å². The lowest BCUT2D eigenvalue weighted by atomic mass is 9.97. The molecule has 1 spiro atoms. The molecular weight excluding hydrogens is 344 g/mol. The van der Waals surface area contributed by atoms with Gasteiger partial charge in [-0.05, 0) is 34.6 Å². The van der Waals surface area contributed by atoms with Crippen molar-refractivity contribution in [1.82, 2.24) is 10.6 Å². The second-order valence-electron chi connectivity index (χ2n) is 8.32. The van der Waals surface area contributed by atoms with Crippen molar-refractivity contribution in [1.29, 1.82) is 0 Å². The fourth-order valence-corrected chi connectivity index (χ4v) is 4.13. The van der Waals surface area contributed by atoms with E-state index >= 15 is 0 Å². The molecule has 0 aromatic carbocycles. The van der Waals surface area contributed by atoms with Gasteiger partial charge in [-0.15, -0.1) is 0 Å². The number of fused-ring (bicyclic) bond motifs is 2. The summed E-state index contributed by atoms with van der Waals surface area (Å²) in [7, 11) is 0. The quantitative estimate of drug-likeness (QED) is 0.657. The molecule has 0 aromatic rings. The van der Waals surface area contributed by atoms with Crippen LogP contribution in [0.1, 0.15) is 41.0 Å². The largest absolute Gasteiger partial charge is 0.348 e. The Morgan fingerprint density at radius 3 is 2.35 bits per heavy atom. The Kier molecular flexibility index (Phi) is 3.92. The zero-order valence-electron chi connectivity index (χ0n) is 15.7. The third-order valence-corrected chi connectivity index (χ3v) is 5.18. The van der Waals surface area contributed by atoms with Gasteiger partial charge in [-0.3, -0.25) is 9.59 Å². The van der Waals surface area contributed by atoms with Crippen LogP contribution in [0.2, 0.25) is 0 Å². The molecule has 9 heteroatoms. The molecule has 0 unspecified atom stereocenters. The number of nitrogens with one attached hydrogen (secondary N) is 2. The van der Waals surface area contributed by atoms with Gasteiger partial charge < -0.3 is 34.3 Å². The lowest BCUT2D eigenvalue weighted by Gasteiger charge is -2.34. The molecule has 0 saturated carbocycles. The monoisotopic (exact) mass is 370 g/mol. The molecule has 0 aliphatic carbocycles. The number of carbonyl (C=O) groups excluding carboxylic acids is 2. The number of rotatable bonds is 1. The number of hydrogen-bond acceptors (Lipinski definition) is 7. The summed E-state index contributed by atoms with van der Waals surface area (Å²) in [6.07, 6.45) is -2.11. The van der Waals surface area contributed by atoms with Crippen molar-refractivity contribution in [3.63, 3.8) is 0 Å². The van der Waals surface area contributed by atoms with Gasteiger partial charge in [0.25, 0.3) is 0 Å². The maximum absolute atomic E-state index is 12.4. The van der Waals surface area contributed by atoms with Crippen molar-refractivity contribution >= 4 is 11.8 Å². The zero-order chi connectivity index (χ0) is 18.9. The van der Waals surface area contributed by atoms with Crippen LogP contribution in [0.25, 0.3) is 0 Å². The highest BCUT2D eigenvalue weighted by Gasteiger charge is 2.67. The third kappa shape index (κ3) is 2.91. The topological polar surface area (TPSA) is 104 Å². The summed E-state index contributed by atoms with van der Waals surface area (Å²) in [6.45, 7) is 9.21. The second-order valence-corrected chi connectivity index (χ2v) is 8.32. The highest BCUT2D eigenvalue weighted by atomic mass is 16.8. The van der Waals surface area contributed by atoms with Gasteiger partial charge in [-0.1, -0.05) is 0 Å². The normalized spacial score (nSPS) is 46.7. The molecule has 4 aliphatic heterocycles. The Bertz CT molecular complexity index is 637. The molecule has 26 heavy (non-hydrogen) atoms. The Labute approximate surface area is 152 Å². The van der Waals surface area contributed by atoms with Crippen LogP contribution >= 0.6 is 0 Å². The Balaban J connectivity index is 1.67. The first-order valence-electron chi connectivity index (χ1n) is 8.97. The Morgan fingerprint density at radius 1 is 0.962 bits per heavy atom. The Hall–Kier alpha value is -1.26. The summed E-state index contributed by atoms with van der Waals surface area (Å²) in [5.41, 5.74) is -1.30. The van der Waals surface area contributed by atoms with E-state index < -0.39 is 47.8 Å². The van der Waals surface area contributed by atoms with Gasteiger partial charge in [0.2, 0.25) is 11.8 Å². The summed E-state index contributed by atoms with van der Waals surface area (Å²) in [5, 5.41) is 5.53. The van der Waals surface area contributed by atoms with E-state index in [-0.39, 0.29) is 18.2 Å². The van der Waals surface area contributed by atoms with Crippen LogP contribution in [-0.4, -0.2) is 66.2 Å². The molecule has 4 aliphatic rings. The number of amides is 2. The van der Waals surface area contributed by atoms with E-state index in [4.69, 9.17) is 23.7 Å². The van der Waals surface area contributed by atoms with Gasteiger partial charge >= 0.3 is 0 Å². The van der Waals surface area contributed by atoms with Crippen molar-refractivity contribution in [2.75, 3.05) is 6.61 Å². The van der Waals surface area contributed by atoms with Crippen molar-refractivity contribution in [3.05, 3.63) is 0 Å². The van der Waals surface area contributed by atoms with E-state index in [1.54, 1.807) is 20.8 Å². The van der Waals surface area contributed by atoms with Crippen molar-refractivity contribution in [2.24, 2.45) is 0 Å². The highest BCUT2D eigenvalue weighted by molar-refractivity contribution is 5.90. The SMILES string of the molecule is C[C@@H]1NC(=O)C[C@@]2(NC1=O)O[C@@H]([C@H]1COC(C)(C)O1)[C@H]1OC(C)(C)O[C@H]12. The van der Waals surface area contributed by atoms with E-state index in [0.717, 1.165) is 0 Å². The maximum atomic E-state index is 12.4.